The Labute approximate surface area is 169 Å². The van der Waals surface area contributed by atoms with E-state index in [-0.39, 0.29) is 30.6 Å². The molecular weight excluding hydrogens is 433 g/mol. The van der Waals surface area contributed by atoms with Gasteiger partial charge < -0.3 is 4.90 Å². The fourth-order valence-corrected chi connectivity index (χ4v) is 4.18. The molecule has 0 unspecified atom stereocenters. The lowest BCUT2D eigenvalue weighted by Crippen LogP contribution is -2.32. The summed E-state index contributed by atoms with van der Waals surface area (Å²) in [6.07, 6.45) is 3.09. The Morgan fingerprint density at radius 2 is 2.30 bits per heavy atom. The zero-order valence-electron chi connectivity index (χ0n) is 14.7. The van der Waals surface area contributed by atoms with Gasteiger partial charge >= 0.3 is 0 Å². The van der Waals surface area contributed by atoms with Crippen molar-refractivity contribution in [2.45, 2.75) is 25.8 Å². The van der Waals surface area contributed by atoms with E-state index in [1.54, 1.807) is 28.5 Å². The Bertz CT molecular complexity index is 870. The number of thiazole rings is 1. The first kappa shape index (κ1) is 19.7. The van der Waals surface area contributed by atoms with Crippen LogP contribution in [0.3, 0.4) is 0 Å². The van der Waals surface area contributed by atoms with Crippen LogP contribution >= 0.6 is 27.3 Å². The monoisotopic (exact) mass is 451 g/mol. The van der Waals surface area contributed by atoms with Crippen LogP contribution in [0.5, 0.6) is 0 Å². The number of hydrogen-bond donors (Lipinski definition) is 0. The number of amides is 2. The molecule has 0 atom stereocenters. The second-order valence-electron chi connectivity index (χ2n) is 6.25. The average molecular weight is 452 g/mol. The van der Waals surface area contributed by atoms with Crippen molar-refractivity contribution in [3.05, 3.63) is 57.8 Å². The number of carbonyl (C=O) groups is 2. The van der Waals surface area contributed by atoms with Crippen molar-refractivity contribution in [1.82, 2.24) is 9.88 Å². The maximum absolute atomic E-state index is 14.0. The fourth-order valence-electron chi connectivity index (χ4n) is 2.90. The zero-order valence-corrected chi connectivity index (χ0v) is 17.1. The molecule has 2 aromatic rings. The summed E-state index contributed by atoms with van der Waals surface area (Å²) in [5, 5.41) is 2.43. The molecule has 1 saturated heterocycles. The van der Waals surface area contributed by atoms with Crippen LogP contribution in [0.25, 0.3) is 0 Å². The molecule has 3 rings (SSSR count). The van der Waals surface area contributed by atoms with Gasteiger partial charge in [0.15, 0.2) is 5.13 Å². The van der Waals surface area contributed by atoms with Crippen LogP contribution in [0.4, 0.5) is 9.52 Å². The van der Waals surface area contributed by atoms with Crippen molar-refractivity contribution in [1.29, 1.82) is 0 Å². The summed E-state index contributed by atoms with van der Waals surface area (Å²) in [6, 6.07) is 4.66. The molecule has 27 heavy (non-hydrogen) atoms. The fraction of sp³-hybridized carbons (Fsp3) is 0.316. The number of benzene rings is 1. The third kappa shape index (κ3) is 4.81. The Morgan fingerprint density at radius 3 is 3.00 bits per heavy atom. The van der Waals surface area contributed by atoms with Crippen molar-refractivity contribution in [2.24, 2.45) is 0 Å². The van der Waals surface area contributed by atoms with Crippen molar-refractivity contribution < 1.29 is 14.0 Å². The van der Waals surface area contributed by atoms with Crippen LogP contribution < -0.4 is 4.90 Å². The highest BCUT2D eigenvalue weighted by Gasteiger charge is 2.25. The lowest BCUT2D eigenvalue weighted by atomic mass is 10.2. The van der Waals surface area contributed by atoms with Crippen LogP contribution in [-0.2, 0) is 22.6 Å². The molecule has 8 heteroatoms. The highest BCUT2D eigenvalue weighted by Crippen LogP contribution is 2.26. The van der Waals surface area contributed by atoms with Crippen LogP contribution in [-0.4, -0.2) is 34.8 Å². The molecule has 0 aliphatic carbocycles. The summed E-state index contributed by atoms with van der Waals surface area (Å²) in [7, 11) is 0. The third-order valence-corrected chi connectivity index (χ3v) is 5.65. The van der Waals surface area contributed by atoms with Crippen molar-refractivity contribution in [2.75, 3.05) is 18.0 Å². The van der Waals surface area contributed by atoms with Crippen molar-refractivity contribution in [3.8, 4) is 0 Å². The number of carbonyl (C=O) groups excluding carboxylic acids is 2. The molecule has 1 aliphatic heterocycles. The van der Waals surface area contributed by atoms with Gasteiger partial charge in [0, 0.05) is 41.5 Å². The predicted octanol–water partition coefficient (Wildman–Crippen LogP) is 3.93. The van der Waals surface area contributed by atoms with E-state index in [4.69, 9.17) is 0 Å². The lowest BCUT2D eigenvalue weighted by molar-refractivity contribution is -0.130. The first-order valence-electron chi connectivity index (χ1n) is 8.55. The second-order valence-corrected chi connectivity index (χ2v) is 8.00. The van der Waals surface area contributed by atoms with Crippen LogP contribution in [0.1, 0.15) is 24.1 Å². The highest BCUT2D eigenvalue weighted by molar-refractivity contribution is 9.10. The minimum atomic E-state index is -0.358. The van der Waals surface area contributed by atoms with Gasteiger partial charge in [0.05, 0.1) is 12.1 Å². The van der Waals surface area contributed by atoms with Crippen molar-refractivity contribution >= 4 is 44.2 Å². The Balaban J connectivity index is 1.70. The SMILES string of the molecule is C=CCN(Cc1cc(Br)ccc1F)C(=O)Cc1csc(N2CCCC2=O)n1. The van der Waals surface area contributed by atoms with E-state index in [0.29, 0.717) is 35.9 Å². The van der Waals surface area contributed by atoms with Gasteiger partial charge in [-0.05, 0) is 24.6 Å². The second kappa shape index (κ2) is 8.75. The molecular formula is C19H19BrFN3O2S. The maximum atomic E-state index is 14.0. The third-order valence-electron chi connectivity index (χ3n) is 4.25. The molecule has 0 bridgehead atoms. The Kier molecular flexibility index (Phi) is 6.38. The number of rotatable bonds is 7. The summed E-state index contributed by atoms with van der Waals surface area (Å²) in [5.41, 5.74) is 1.05. The van der Waals surface area contributed by atoms with E-state index < -0.39 is 0 Å². The maximum Gasteiger partial charge on any atom is 0.229 e. The van der Waals surface area contributed by atoms with Gasteiger partial charge in [-0.25, -0.2) is 9.37 Å². The molecule has 1 aromatic heterocycles. The van der Waals surface area contributed by atoms with Crippen LogP contribution in [0.2, 0.25) is 0 Å². The van der Waals surface area contributed by atoms with Gasteiger partial charge in [-0.15, -0.1) is 17.9 Å². The number of halogens is 2. The molecule has 2 amide bonds. The molecule has 0 saturated carbocycles. The zero-order chi connectivity index (χ0) is 19.4. The van der Waals surface area contributed by atoms with Gasteiger partial charge in [-0.3, -0.25) is 14.5 Å². The average Bonchev–Trinajstić information content (AvgIpc) is 3.26. The summed E-state index contributed by atoms with van der Waals surface area (Å²) in [4.78, 5) is 32.2. The van der Waals surface area contributed by atoms with Gasteiger partial charge in [-0.1, -0.05) is 22.0 Å². The lowest BCUT2D eigenvalue weighted by Gasteiger charge is -2.21. The van der Waals surface area contributed by atoms with E-state index >= 15 is 0 Å². The van der Waals surface area contributed by atoms with E-state index in [2.05, 4.69) is 27.5 Å². The van der Waals surface area contributed by atoms with Crippen LogP contribution in [0, 0.1) is 5.82 Å². The van der Waals surface area contributed by atoms with Crippen LogP contribution in [0.15, 0.2) is 40.7 Å². The molecule has 0 N–H and O–H groups in total. The minimum absolute atomic E-state index is 0.0700. The topological polar surface area (TPSA) is 53.5 Å². The minimum Gasteiger partial charge on any atom is -0.334 e. The molecule has 1 fully saturated rings. The van der Waals surface area contributed by atoms with Gasteiger partial charge in [0.2, 0.25) is 11.8 Å². The molecule has 0 radical (unpaired) electrons. The number of aromatic nitrogens is 1. The number of hydrogen-bond acceptors (Lipinski definition) is 4. The normalized spacial score (nSPS) is 13.9. The number of anilines is 1. The Morgan fingerprint density at radius 1 is 1.48 bits per heavy atom. The van der Waals surface area contributed by atoms with E-state index in [1.165, 1.54) is 22.3 Å². The largest absolute Gasteiger partial charge is 0.334 e. The van der Waals surface area contributed by atoms with E-state index in [0.717, 1.165) is 10.9 Å². The number of nitrogens with zero attached hydrogens (tertiary/aromatic N) is 3. The van der Waals surface area contributed by atoms with Gasteiger partial charge in [0.25, 0.3) is 0 Å². The first-order chi connectivity index (χ1) is 13.0. The van der Waals surface area contributed by atoms with Crippen molar-refractivity contribution in [3.63, 3.8) is 0 Å². The predicted molar refractivity (Wildman–Crippen MR) is 107 cm³/mol. The standard InChI is InChI=1S/C19H19BrFN3O2S/c1-2-7-23(11-13-9-14(20)5-6-16(13)21)18(26)10-15-12-27-19(22-15)24-8-3-4-17(24)25/h2,5-6,9,12H,1,3-4,7-8,10-11H2. The smallest absolute Gasteiger partial charge is 0.229 e. The molecule has 1 aromatic carbocycles. The summed E-state index contributed by atoms with van der Waals surface area (Å²) in [6.45, 7) is 4.82. The van der Waals surface area contributed by atoms with Gasteiger partial charge in [-0.2, -0.15) is 0 Å². The van der Waals surface area contributed by atoms with E-state index in [9.17, 15) is 14.0 Å². The molecule has 1 aliphatic rings. The molecule has 2 heterocycles. The highest BCUT2D eigenvalue weighted by atomic mass is 79.9. The molecule has 5 nitrogen and oxygen atoms in total. The molecule has 0 spiro atoms. The molecule has 142 valence electrons. The summed E-state index contributed by atoms with van der Waals surface area (Å²) >= 11 is 4.69. The Hall–Kier alpha value is -2.06. The van der Waals surface area contributed by atoms with Gasteiger partial charge in [0.1, 0.15) is 5.82 Å². The quantitative estimate of drug-likeness (QED) is 0.599. The first-order valence-corrected chi connectivity index (χ1v) is 10.2. The van der Waals surface area contributed by atoms with E-state index in [1.807, 2.05) is 0 Å². The summed E-state index contributed by atoms with van der Waals surface area (Å²) in [5.74, 6) is -0.455. The summed E-state index contributed by atoms with van der Waals surface area (Å²) < 4.78 is 14.8.